The molecule has 3 aromatic rings. The Morgan fingerprint density at radius 2 is 0.879 bits per heavy atom. The second kappa shape index (κ2) is 12.8. The molecule has 0 atom stereocenters. The minimum Gasteiger partial charge on any atom is -0.415 e. The predicted octanol–water partition coefficient (Wildman–Crippen LogP) is 5.88. The first kappa shape index (κ1) is 25.3. The highest BCUT2D eigenvalue weighted by Crippen LogP contribution is 2.40. The Bertz CT molecular complexity index is 814. The van der Waals surface area contributed by atoms with Crippen molar-refractivity contribution in [1.29, 1.82) is 0 Å². The van der Waals surface area contributed by atoms with Crippen molar-refractivity contribution in [1.82, 2.24) is 0 Å². The Morgan fingerprint density at radius 1 is 0.515 bits per heavy atom. The molecule has 0 aliphatic carbocycles. The normalized spacial score (nSPS) is 12.1. The molecule has 0 bridgehead atoms. The number of hydrogen-bond donors (Lipinski definition) is 0. The second-order valence-corrected chi connectivity index (χ2v) is 13.3. The zero-order valence-corrected chi connectivity index (χ0v) is 21.0. The highest BCUT2D eigenvalue weighted by atomic mass is 28.4. The molecule has 5 heteroatoms. The largest absolute Gasteiger partial charge is 0.415 e. The fourth-order valence-corrected chi connectivity index (χ4v) is 4.45. The molecule has 0 heterocycles. The van der Waals surface area contributed by atoms with Gasteiger partial charge in [-0.25, -0.2) is 0 Å². The maximum atomic E-state index is 6.69. The molecule has 0 fully saturated rings. The lowest BCUT2D eigenvalue weighted by atomic mass is 9.80. The van der Waals surface area contributed by atoms with E-state index in [2.05, 4.69) is 92.4 Å². The molecule has 0 aliphatic heterocycles. The average Bonchev–Trinajstić information content (AvgIpc) is 2.84. The molecule has 4 nitrogen and oxygen atoms in total. The van der Waals surface area contributed by atoms with E-state index in [1.54, 1.807) is 0 Å². The molecule has 0 saturated heterocycles. The van der Waals surface area contributed by atoms with Gasteiger partial charge >= 0.3 is 0 Å². The third-order valence-corrected chi connectivity index (χ3v) is 6.29. The Hall–Kier alpha value is -2.28. The summed E-state index contributed by atoms with van der Waals surface area (Å²) in [6.07, 6.45) is 0. The van der Waals surface area contributed by atoms with Crippen LogP contribution in [0.5, 0.6) is 0 Å². The van der Waals surface area contributed by atoms with E-state index in [4.69, 9.17) is 18.6 Å². The van der Waals surface area contributed by atoms with Crippen molar-refractivity contribution in [2.24, 2.45) is 0 Å². The predicted molar refractivity (Wildman–Crippen MR) is 136 cm³/mol. The van der Waals surface area contributed by atoms with Crippen LogP contribution in [0.4, 0.5) is 0 Å². The van der Waals surface area contributed by atoms with Gasteiger partial charge in [0.15, 0.2) is 8.32 Å². The average molecular weight is 465 g/mol. The van der Waals surface area contributed by atoms with Gasteiger partial charge in [-0.15, -0.1) is 0 Å². The summed E-state index contributed by atoms with van der Waals surface area (Å²) in [5.41, 5.74) is 2.56. The summed E-state index contributed by atoms with van der Waals surface area (Å²) in [5, 5.41) is 0. The van der Waals surface area contributed by atoms with E-state index in [-0.39, 0.29) is 0 Å². The van der Waals surface area contributed by atoms with Gasteiger partial charge in [0, 0.05) is 0 Å². The molecular weight excluding hydrogens is 428 g/mol. The maximum Gasteiger partial charge on any atom is 0.183 e. The Morgan fingerprint density at radius 3 is 1.27 bits per heavy atom. The molecule has 0 saturated carbocycles. The van der Waals surface area contributed by atoms with Gasteiger partial charge in [0.2, 0.25) is 0 Å². The number of rotatable bonds is 14. The van der Waals surface area contributed by atoms with Crippen LogP contribution in [-0.2, 0) is 24.2 Å². The molecular formula is C28H36O4Si. The van der Waals surface area contributed by atoms with Gasteiger partial charge in [0.25, 0.3) is 0 Å². The summed E-state index contributed by atoms with van der Waals surface area (Å²) in [7, 11) is -1.47. The van der Waals surface area contributed by atoms with Crippen molar-refractivity contribution in [3.05, 3.63) is 108 Å². The lowest BCUT2D eigenvalue weighted by Crippen LogP contribution is -2.34. The Labute approximate surface area is 199 Å². The molecule has 0 aliphatic rings. The van der Waals surface area contributed by atoms with E-state index in [1.807, 2.05) is 18.2 Å². The minimum absolute atomic E-state index is 0.456. The van der Waals surface area contributed by atoms with Gasteiger partial charge in [-0.2, -0.15) is 0 Å². The van der Waals surface area contributed by atoms with E-state index in [0.29, 0.717) is 39.6 Å². The lowest BCUT2D eigenvalue weighted by Gasteiger charge is -2.36. The summed E-state index contributed by atoms with van der Waals surface area (Å²) < 4.78 is 23.9. The van der Waals surface area contributed by atoms with Gasteiger partial charge in [-0.05, 0) is 36.3 Å². The highest BCUT2D eigenvalue weighted by Gasteiger charge is 2.37. The molecule has 176 valence electrons. The van der Waals surface area contributed by atoms with Gasteiger partial charge < -0.3 is 18.6 Å². The number of hydrogen-bond acceptors (Lipinski definition) is 4. The van der Waals surface area contributed by atoms with Crippen LogP contribution >= 0.6 is 0 Å². The van der Waals surface area contributed by atoms with E-state index in [9.17, 15) is 0 Å². The van der Waals surface area contributed by atoms with E-state index < -0.39 is 13.9 Å². The van der Waals surface area contributed by atoms with Crippen molar-refractivity contribution in [2.45, 2.75) is 25.2 Å². The first-order valence-corrected chi connectivity index (χ1v) is 15.0. The topological polar surface area (TPSA) is 36.9 Å². The summed E-state index contributed by atoms with van der Waals surface area (Å²) in [5.74, 6) is 0. The second-order valence-electron chi connectivity index (χ2n) is 8.81. The fourth-order valence-electron chi connectivity index (χ4n) is 3.75. The summed E-state index contributed by atoms with van der Waals surface area (Å²) in [6, 6.07) is 31.2. The first-order chi connectivity index (χ1) is 16.0. The molecule has 0 unspecified atom stereocenters. The van der Waals surface area contributed by atoms with E-state index in [0.717, 1.165) is 16.7 Å². The standard InChI is InChI=1S/C28H36O4Si/c1-33(2,3)32-24-22-30-20-19-29-21-23-31-28(25-13-7-4-8-14-25,26-15-9-5-10-16-26)27-17-11-6-12-18-27/h4-18H,19-24H2,1-3H3. The Kier molecular flexibility index (Phi) is 9.85. The van der Waals surface area contributed by atoms with Crippen molar-refractivity contribution in [2.75, 3.05) is 39.6 Å². The van der Waals surface area contributed by atoms with Crippen LogP contribution < -0.4 is 0 Å². The Balaban J connectivity index is 1.62. The van der Waals surface area contributed by atoms with Crippen LogP contribution in [0.25, 0.3) is 0 Å². The molecule has 0 aromatic heterocycles. The molecule has 3 aromatic carbocycles. The molecule has 33 heavy (non-hydrogen) atoms. The van der Waals surface area contributed by atoms with Gasteiger partial charge in [-0.3, -0.25) is 0 Å². The minimum atomic E-state index is -1.47. The van der Waals surface area contributed by atoms with E-state index in [1.165, 1.54) is 0 Å². The van der Waals surface area contributed by atoms with Crippen molar-refractivity contribution >= 4 is 8.32 Å². The third kappa shape index (κ3) is 7.63. The first-order valence-electron chi connectivity index (χ1n) is 11.6. The highest BCUT2D eigenvalue weighted by molar-refractivity contribution is 6.69. The van der Waals surface area contributed by atoms with Crippen LogP contribution in [0, 0.1) is 0 Å². The van der Waals surface area contributed by atoms with E-state index >= 15 is 0 Å². The zero-order chi connectivity index (χ0) is 23.4. The number of ether oxygens (including phenoxy) is 3. The monoisotopic (exact) mass is 464 g/mol. The van der Waals surface area contributed by atoms with Crippen LogP contribution in [0.1, 0.15) is 16.7 Å². The molecule has 0 N–H and O–H groups in total. The SMILES string of the molecule is C[Si](C)(C)OCCOCCOCCOC(c1ccccc1)(c1ccccc1)c1ccccc1. The molecule has 0 spiro atoms. The zero-order valence-electron chi connectivity index (χ0n) is 20.0. The van der Waals surface area contributed by atoms with Crippen molar-refractivity contribution < 1.29 is 18.6 Å². The summed E-state index contributed by atoms with van der Waals surface area (Å²) >= 11 is 0. The quantitative estimate of drug-likeness (QED) is 0.170. The van der Waals surface area contributed by atoms with Gasteiger partial charge in [0.1, 0.15) is 5.60 Å². The third-order valence-electron chi connectivity index (χ3n) is 5.22. The fraction of sp³-hybridized carbons (Fsp3) is 0.357. The van der Waals surface area contributed by atoms with Gasteiger partial charge in [0.05, 0.1) is 39.6 Å². The molecule has 0 amide bonds. The lowest BCUT2D eigenvalue weighted by molar-refractivity contribution is -0.0346. The summed E-state index contributed by atoms with van der Waals surface area (Å²) in [6.45, 7) is 9.81. The van der Waals surface area contributed by atoms with Crippen molar-refractivity contribution in [3.63, 3.8) is 0 Å². The van der Waals surface area contributed by atoms with Crippen LogP contribution in [-0.4, -0.2) is 48.0 Å². The van der Waals surface area contributed by atoms with Crippen LogP contribution in [0.3, 0.4) is 0 Å². The molecule has 3 rings (SSSR count). The maximum absolute atomic E-state index is 6.69. The molecule has 0 radical (unpaired) electrons. The summed E-state index contributed by atoms with van der Waals surface area (Å²) in [4.78, 5) is 0. The van der Waals surface area contributed by atoms with Crippen LogP contribution in [0.15, 0.2) is 91.0 Å². The smallest absolute Gasteiger partial charge is 0.183 e. The van der Waals surface area contributed by atoms with Gasteiger partial charge in [-0.1, -0.05) is 91.0 Å². The number of benzene rings is 3. The van der Waals surface area contributed by atoms with Crippen LogP contribution in [0.2, 0.25) is 19.6 Å². The van der Waals surface area contributed by atoms with Crippen molar-refractivity contribution in [3.8, 4) is 0 Å².